The van der Waals surface area contributed by atoms with Crippen LogP contribution >= 0.6 is 23.2 Å². The molecule has 7 heteroatoms. The van der Waals surface area contributed by atoms with Crippen LogP contribution in [0.2, 0.25) is 10.0 Å². The molecule has 0 aliphatic heterocycles. The SMILES string of the molecule is Cc1ccc(NC(=O)C(=O)N/N=C/c2ccc(Cl)cc2Cl)c(C)c1. The molecular weight excluding hydrogens is 349 g/mol. The summed E-state index contributed by atoms with van der Waals surface area (Å²) in [5.41, 5.74) is 5.23. The summed E-state index contributed by atoms with van der Waals surface area (Å²) in [5.74, 6) is -1.68. The van der Waals surface area contributed by atoms with E-state index in [1.54, 1.807) is 24.3 Å². The number of benzene rings is 2. The van der Waals surface area contributed by atoms with E-state index in [-0.39, 0.29) is 0 Å². The third-order valence-corrected chi connectivity index (χ3v) is 3.73. The summed E-state index contributed by atoms with van der Waals surface area (Å²) in [7, 11) is 0. The second-order valence-electron chi connectivity index (χ2n) is 5.14. The Morgan fingerprint density at radius 2 is 1.79 bits per heavy atom. The van der Waals surface area contributed by atoms with Gasteiger partial charge in [0.15, 0.2) is 0 Å². The van der Waals surface area contributed by atoms with Crippen molar-refractivity contribution in [2.45, 2.75) is 13.8 Å². The Bertz CT molecular complexity index is 819. The average Bonchev–Trinajstić information content (AvgIpc) is 2.52. The van der Waals surface area contributed by atoms with Gasteiger partial charge in [-0.3, -0.25) is 9.59 Å². The first-order valence-electron chi connectivity index (χ1n) is 7.03. The number of halogens is 2. The molecule has 2 aromatic carbocycles. The molecule has 2 aromatic rings. The number of rotatable bonds is 3. The van der Waals surface area contributed by atoms with Crippen molar-refractivity contribution in [1.82, 2.24) is 5.43 Å². The van der Waals surface area contributed by atoms with Gasteiger partial charge in [-0.2, -0.15) is 5.10 Å². The molecule has 0 radical (unpaired) electrons. The molecule has 5 nitrogen and oxygen atoms in total. The van der Waals surface area contributed by atoms with Crippen LogP contribution in [-0.4, -0.2) is 18.0 Å². The van der Waals surface area contributed by atoms with Crippen LogP contribution in [0, 0.1) is 13.8 Å². The predicted molar refractivity (Wildman–Crippen MR) is 96.7 cm³/mol. The van der Waals surface area contributed by atoms with Crippen molar-refractivity contribution < 1.29 is 9.59 Å². The van der Waals surface area contributed by atoms with Crippen LogP contribution in [0.5, 0.6) is 0 Å². The topological polar surface area (TPSA) is 70.6 Å². The lowest BCUT2D eigenvalue weighted by atomic mass is 10.1. The van der Waals surface area contributed by atoms with Crippen molar-refractivity contribution >= 4 is 46.9 Å². The Labute approximate surface area is 149 Å². The summed E-state index contributed by atoms with van der Waals surface area (Å²) in [5, 5.41) is 7.14. The molecule has 0 heterocycles. The molecule has 2 N–H and O–H groups in total. The number of hydrazone groups is 1. The van der Waals surface area contributed by atoms with Crippen LogP contribution in [-0.2, 0) is 9.59 Å². The molecule has 124 valence electrons. The lowest BCUT2D eigenvalue weighted by molar-refractivity contribution is -0.136. The van der Waals surface area contributed by atoms with Gasteiger partial charge in [-0.15, -0.1) is 0 Å². The van der Waals surface area contributed by atoms with Gasteiger partial charge in [0.2, 0.25) is 0 Å². The largest absolute Gasteiger partial charge is 0.329 e. The van der Waals surface area contributed by atoms with Gasteiger partial charge in [-0.1, -0.05) is 47.0 Å². The van der Waals surface area contributed by atoms with Gasteiger partial charge in [0.05, 0.1) is 11.2 Å². The number of nitrogens with one attached hydrogen (secondary N) is 2. The highest BCUT2D eigenvalue weighted by molar-refractivity contribution is 6.39. The molecule has 0 bridgehead atoms. The monoisotopic (exact) mass is 363 g/mol. The van der Waals surface area contributed by atoms with Gasteiger partial charge >= 0.3 is 11.8 Å². The third-order valence-electron chi connectivity index (χ3n) is 3.17. The Hall–Kier alpha value is -2.37. The standard InChI is InChI=1S/C17H15Cl2N3O2/c1-10-3-6-15(11(2)7-10)21-16(23)17(24)22-20-9-12-4-5-13(18)8-14(12)19/h3-9H,1-2H3,(H,21,23)(H,22,24)/b20-9+. The number of carbonyl (C=O) groups is 2. The fourth-order valence-corrected chi connectivity index (χ4v) is 2.41. The van der Waals surface area contributed by atoms with E-state index >= 15 is 0 Å². The van der Waals surface area contributed by atoms with Crippen molar-refractivity contribution in [3.63, 3.8) is 0 Å². The van der Waals surface area contributed by atoms with Crippen molar-refractivity contribution in [2.24, 2.45) is 5.10 Å². The van der Waals surface area contributed by atoms with Gasteiger partial charge in [-0.25, -0.2) is 5.43 Å². The number of aryl methyl sites for hydroxylation is 2. The molecule has 0 saturated carbocycles. The van der Waals surface area contributed by atoms with Gasteiger partial charge in [0.1, 0.15) is 0 Å². The minimum absolute atomic E-state index is 0.389. The van der Waals surface area contributed by atoms with Crippen LogP contribution < -0.4 is 10.7 Å². The normalized spacial score (nSPS) is 10.7. The molecule has 0 aliphatic carbocycles. The lowest BCUT2D eigenvalue weighted by Gasteiger charge is -2.08. The second kappa shape index (κ2) is 7.95. The average molecular weight is 364 g/mol. The summed E-state index contributed by atoms with van der Waals surface area (Å²) in [6, 6.07) is 10.3. The van der Waals surface area contributed by atoms with Crippen LogP contribution in [0.1, 0.15) is 16.7 Å². The number of hydrogen-bond acceptors (Lipinski definition) is 3. The lowest BCUT2D eigenvalue weighted by Crippen LogP contribution is -2.32. The molecule has 24 heavy (non-hydrogen) atoms. The molecule has 2 amide bonds. The van der Waals surface area contributed by atoms with E-state index in [0.717, 1.165) is 11.1 Å². The van der Waals surface area contributed by atoms with Crippen molar-refractivity contribution in [3.05, 3.63) is 63.1 Å². The summed E-state index contributed by atoms with van der Waals surface area (Å²) >= 11 is 11.8. The summed E-state index contributed by atoms with van der Waals surface area (Å²) in [6.45, 7) is 3.79. The van der Waals surface area contributed by atoms with E-state index in [0.29, 0.717) is 21.3 Å². The Kier molecular flexibility index (Phi) is 5.95. The number of amides is 2. The number of carbonyl (C=O) groups excluding carboxylic acids is 2. The maximum Gasteiger partial charge on any atom is 0.329 e. The zero-order valence-corrected chi connectivity index (χ0v) is 14.6. The maximum absolute atomic E-state index is 11.9. The minimum atomic E-state index is -0.878. The fraction of sp³-hybridized carbons (Fsp3) is 0.118. The van der Waals surface area contributed by atoms with E-state index in [1.807, 2.05) is 26.0 Å². The first-order valence-corrected chi connectivity index (χ1v) is 7.79. The van der Waals surface area contributed by atoms with Crippen molar-refractivity contribution in [2.75, 3.05) is 5.32 Å². The van der Waals surface area contributed by atoms with Crippen LogP contribution in [0.15, 0.2) is 41.5 Å². The van der Waals surface area contributed by atoms with E-state index in [4.69, 9.17) is 23.2 Å². The van der Waals surface area contributed by atoms with Gasteiger partial charge in [-0.05, 0) is 37.6 Å². The number of anilines is 1. The van der Waals surface area contributed by atoms with E-state index < -0.39 is 11.8 Å². The Morgan fingerprint density at radius 3 is 2.46 bits per heavy atom. The molecule has 0 aliphatic rings. The molecular formula is C17H15Cl2N3O2. The van der Waals surface area contributed by atoms with Crippen LogP contribution in [0.3, 0.4) is 0 Å². The highest BCUT2D eigenvalue weighted by Crippen LogP contribution is 2.19. The smallest absolute Gasteiger partial charge is 0.317 e. The molecule has 2 rings (SSSR count). The quantitative estimate of drug-likeness (QED) is 0.495. The second-order valence-corrected chi connectivity index (χ2v) is 5.98. The highest BCUT2D eigenvalue weighted by Gasteiger charge is 2.13. The number of hydrogen-bond donors (Lipinski definition) is 2. The van der Waals surface area contributed by atoms with Gasteiger partial charge in [0, 0.05) is 16.3 Å². The first-order chi connectivity index (χ1) is 11.4. The van der Waals surface area contributed by atoms with Crippen molar-refractivity contribution in [3.8, 4) is 0 Å². The first kappa shape index (κ1) is 18.0. The van der Waals surface area contributed by atoms with Crippen LogP contribution in [0.4, 0.5) is 5.69 Å². The molecule has 0 aromatic heterocycles. The van der Waals surface area contributed by atoms with Crippen molar-refractivity contribution in [1.29, 1.82) is 0 Å². The highest BCUT2D eigenvalue weighted by atomic mass is 35.5. The Balaban J connectivity index is 1.96. The molecule has 0 fully saturated rings. The molecule has 0 unspecified atom stereocenters. The van der Waals surface area contributed by atoms with Gasteiger partial charge < -0.3 is 5.32 Å². The maximum atomic E-state index is 11.9. The third kappa shape index (κ3) is 4.81. The minimum Gasteiger partial charge on any atom is -0.317 e. The predicted octanol–water partition coefficient (Wildman–Crippen LogP) is 3.70. The fourth-order valence-electron chi connectivity index (χ4n) is 1.95. The van der Waals surface area contributed by atoms with E-state index in [1.165, 1.54) is 6.21 Å². The molecule has 0 spiro atoms. The molecule has 0 saturated heterocycles. The zero-order valence-electron chi connectivity index (χ0n) is 13.1. The summed E-state index contributed by atoms with van der Waals surface area (Å²) < 4.78 is 0. The van der Waals surface area contributed by atoms with E-state index in [9.17, 15) is 9.59 Å². The summed E-state index contributed by atoms with van der Waals surface area (Å²) in [6.07, 6.45) is 1.33. The van der Waals surface area contributed by atoms with Crippen LogP contribution in [0.25, 0.3) is 0 Å². The Morgan fingerprint density at radius 1 is 1.04 bits per heavy atom. The van der Waals surface area contributed by atoms with E-state index in [2.05, 4.69) is 15.8 Å². The number of nitrogens with zero attached hydrogens (tertiary/aromatic N) is 1. The van der Waals surface area contributed by atoms with Gasteiger partial charge in [0.25, 0.3) is 0 Å². The molecule has 0 atom stereocenters. The zero-order chi connectivity index (χ0) is 17.7. The summed E-state index contributed by atoms with van der Waals surface area (Å²) in [4.78, 5) is 23.6.